The van der Waals surface area contributed by atoms with Crippen LogP contribution in [0.5, 0.6) is 0 Å². The minimum absolute atomic E-state index is 0.0413. The Bertz CT molecular complexity index is 219. The molecule has 15 heavy (non-hydrogen) atoms. The zero-order valence-electron chi connectivity index (χ0n) is 9.57. The van der Waals surface area contributed by atoms with E-state index in [2.05, 4.69) is 5.32 Å². The van der Waals surface area contributed by atoms with Gasteiger partial charge in [-0.2, -0.15) is 0 Å². The lowest BCUT2D eigenvalue weighted by Crippen LogP contribution is -2.52. The molecule has 0 radical (unpaired) electrons. The molecular formula is C11H22N2O2. The topological polar surface area (TPSA) is 75.3 Å². The Hall–Kier alpha value is -0.610. The first kappa shape index (κ1) is 12.5. The highest BCUT2D eigenvalue weighted by Gasteiger charge is 2.26. The maximum absolute atomic E-state index is 11.6. The molecule has 1 amide bonds. The van der Waals surface area contributed by atoms with Crippen LogP contribution >= 0.6 is 0 Å². The third-order valence-corrected chi connectivity index (χ3v) is 3.05. The molecule has 1 saturated carbocycles. The molecule has 0 saturated heterocycles. The molecule has 0 unspecified atom stereocenters. The standard InChI is InChI=1S/C11H22N2O2/c1-7(2)10(14)11(15)13-9-6-4-3-5-8(9)12/h7-10,14H,3-6,12H2,1-2H3,(H,13,15)/t8-,9-,10-/m1/s1. The molecule has 1 aliphatic rings. The second kappa shape index (κ2) is 5.47. The van der Waals surface area contributed by atoms with Crippen molar-refractivity contribution in [2.24, 2.45) is 11.7 Å². The number of hydrogen-bond donors (Lipinski definition) is 3. The van der Waals surface area contributed by atoms with Gasteiger partial charge in [-0.05, 0) is 18.8 Å². The van der Waals surface area contributed by atoms with Gasteiger partial charge in [0.1, 0.15) is 6.10 Å². The lowest BCUT2D eigenvalue weighted by Gasteiger charge is -2.30. The van der Waals surface area contributed by atoms with Crippen LogP contribution in [0.25, 0.3) is 0 Å². The van der Waals surface area contributed by atoms with Crippen LogP contribution in [-0.2, 0) is 4.79 Å². The third-order valence-electron chi connectivity index (χ3n) is 3.05. The Morgan fingerprint density at radius 2 is 2.00 bits per heavy atom. The molecule has 4 heteroatoms. The van der Waals surface area contributed by atoms with E-state index in [0.29, 0.717) is 0 Å². The Balaban J connectivity index is 2.42. The highest BCUT2D eigenvalue weighted by Crippen LogP contribution is 2.17. The molecule has 0 aromatic carbocycles. The average Bonchev–Trinajstić information content (AvgIpc) is 2.20. The lowest BCUT2D eigenvalue weighted by molar-refractivity contribution is -0.132. The molecule has 3 atom stereocenters. The Kier molecular flexibility index (Phi) is 4.54. The normalized spacial score (nSPS) is 28.9. The lowest BCUT2D eigenvalue weighted by atomic mass is 9.90. The van der Waals surface area contributed by atoms with Gasteiger partial charge in [0.2, 0.25) is 5.91 Å². The molecule has 0 aliphatic heterocycles. The fourth-order valence-corrected chi connectivity index (χ4v) is 1.91. The van der Waals surface area contributed by atoms with Crippen molar-refractivity contribution in [3.63, 3.8) is 0 Å². The minimum Gasteiger partial charge on any atom is -0.383 e. The summed E-state index contributed by atoms with van der Waals surface area (Å²) in [7, 11) is 0. The average molecular weight is 214 g/mol. The van der Waals surface area contributed by atoms with Gasteiger partial charge < -0.3 is 16.2 Å². The maximum atomic E-state index is 11.6. The molecule has 0 heterocycles. The van der Waals surface area contributed by atoms with Gasteiger partial charge in [-0.1, -0.05) is 26.7 Å². The number of carbonyl (C=O) groups is 1. The number of rotatable bonds is 3. The summed E-state index contributed by atoms with van der Waals surface area (Å²) in [4.78, 5) is 11.6. The zero-order valence-corrected chi connectivity index (χ0v) is 9.57. The van der Waals surface area contributed by atoms with Gasteiger partial charge in [0.15, 0.2) is 0 Å². The number of amides is 1. The molecule has 1 aliphatic carbocycles. The van der Waals surface area contributed by atoms with Crippen LogP contribution in [0.15, 0.2) is 0 Å². The Morgan fingerprint density at radius 3 is 2.53 bits per heavy atom. The first-order chi connectivity index (χ1) is 7.02. The number of aliphatic hydroxyl groups is 1. The van der Waals surface area contributed by atoms with Crippen LogP contribution < -0.4 is 11.1 Å². The van der Waals surface area contributed by atoms with Crippen molar-refractivity contribution in [2.45, 2.75) is 57.7 Å². The fourth-order valence-electron chi connectivity index (χ4n) is 1.91. The smallest absolute Gasteiger partial charge is 0.249 e. The molecule has 0 bridgehead atoms. The van der Waals surface area contributed by atoms with Gasteiger partial charge in [0.05, 0.1) is 0 Å². The Labute approximate surface area is 91.2 Å². The van der Waals surface area contributed by atoms with Gasteiger partial charge in [0, 0.05) is 12.1 Å². The maximum Gasteiger partial charge on any atom is 0.249 e. The number of carbonyl (C=O) groups excluding carboxylic acids is 1. The summed E-state index contributed by atoms with van der Waals surface area (Å²) in [6.45, 7) is 3.65. The summed E-state index contributed by atoms with van der Waals surface area (Å²) in [5.41, 5.74) is 5.91. The van der Waals surface area contributed by atoms with Crippen LogP contribution in [0.4, 0.5) is 0 Å². The first-order valence-corrected chi connectivity index (χ1v) is 5.76. The second-order valence-electron chi connectivity index (χ2n) is 4.75. The molecule has 4 N–H and O–H groups in total. The SMILES string of the molecule is CC(C)[C@@H](O)C(=O)N[C@@H]1CCCC[C@H]1N. The summed E-state index contributed by atoms with van der Waals surface area (Å²) in [5, 5.41) is 12.4. The summed E-state index contributed by atoms with van der Waals surface area (Å²) in [6.07, 6.45) is 3.22. The van der Waals surface area contributed by atoms with E-state index < -0.39 is 6.10 Å². The highest BCUT2D eigenvalue weighted by atomic mass is 16.3. The highest BCUT2D eigenvalue weighted by molar-refractivity contribution is 5.81. The minimum atomic E-state index is -0.917. The van der Waals surface area contributed by atoms with Crippen molar-refractivity contribution < 1.29 is 9.90 Å². The van der Waals surface area contributed by atoms with Crippen LogP contribution in [-0.4, -0.2) is 29.2 Å². The second-order valence-corrected chi connectivity index (χ2v) is 4.75. The molecule has 0 aromatic heterocycles. The molecule has 1 fully saturated rings. The number of aliphatic hydroxyl groups excluding tert-OH is 1. The summed E-state index contributed by atoms with van der Waals surface area (Å²) >= 11 is 0. The van der Waals surface area contributed by atoms with E-state index in [-0.39, 0.29) is 23.9 Å². The largest absolute Gasteiger partial charge is 0.383 e. The number of hydrogen-bond acceptors (Lipinski definition) is 3. The summed E-state index contributed by atoms with van der Waals surface area (Å²) in [6, 6.07) is 0.0849. The van der Waals surface area contributed by atoms with Gasteiger partial charge in [-0.15, -0.1) is 0 Å². The van der Waals surface area contributed by atoms with Crippen molar-refractivity contribution in [3.05, 3.63) is 0 Å². The first-order valence-electron chi connectivity index (χ1n) is 5.76. The third kappa shape index (κ3) is 3.47. The molecular weight excluding hydrogens is 192 g/mol. The van der Waals surface area contributed by atoms with Gasteiger partial charge >= 0.3 is 0 Å². The predicted molar refractivity (Wildman–Crippen MR) is 59.2 cm³/mol. The number of nitrogens with two attached hydrogens (primary N) is 1. The van der Waals surface area contributed by atoms with Crippen LogP contribution in [0.1, 0.15) is 39.5 Å². The Morgan fingerprint density at radius 1 is 1.40 bits per heavy atom. The number of nitrogens with one attached hydrogen (secondary N) is 1. The molecule has 0 spiro atoms. The van der Waals surface area contributed by atoms with Crippen molar-refractivity contribution in [2.75, 3.05) is 0 Å². The van der Waals surface area contributed by atoms with Crippen LogP contribution in [0.3, 0.4) is 0 Å². The molecule has 88 valence electrons. The van der Waals surface area contributed by atoms with E-state index in [9.17, 15) is 9.90 Å². The van der Waals surface area contributed by atoms with E-state index in [1.54, 1.807) is 0 Å². The molecule has 1 rings (SSSR count). The van der Waals surface area contributed by atoms with Gasteiger partial charge in [0.25, 0.3) is 0 Å². The van der Waals surface area contributed by atoms with Crippen LogP contribution in [0.2, 0.25) is 0 Å². The van der Waals surface area contributed by atoms with Crippen molar-refractivity contribution in [3.8, 4) is 0 Å². The van der Waals surface area contributed by atoms with E-state index in [1.807, 2.05) is 13.8 Å². The predicted octanol–water partition coefficient (Wildman–Crippen LogP) is 0.389. The van der Waals surface area contributed by atoms with E-state index >= 15 is 0 Å². The van der Waals surface area contributed by atoms with E-state index in [4.69, 9.17) is 5.73 Å². The molecule has 0 aromatic rings. The fraction of sp³-hybridized carbons (Fsp3) is 0.909. The quantitative estimate of drug-likeness (QED) is 0.636. The summed E-state index contributed by atoms with van der Waals surface area (Å²) < 4.78 is 0. The van der Waals surface area contributed by atoms with Crippen molar-refractivity contribution in [1.82, 2.24) is 5.32 Å². The van der Waals surface area contributed by atoms with E-state index in [1.165, 1.54) is 0 Å². The summed E-state index contributed by atoms with van der Waals surface area (Å²) in [5.74, 6) is -0.336. The van der Waals surface area contributed by atoms with E-state index in [0.717, 1.165) is 25.7 Å². The molecule has 4 nitrogen and oxygen atoms in total. The van der Waals surface area contributed by atoms with Crippen molar-refractivity contribution in [1.29, 1.82) is 0 Å². The van der Waals surface area contributed by atoms with Crippen molar-refractivity contribution >= 4 is 5.91 Å². The van der Waals surface area contributed by atoms with Gasteiger partial charge in [-0.25, -0.2) is 0 Å². The van der Waals surface area contributed by atoms with Crippen LogP contribution in [0, 0.1) is 5.92 Å². The van der Waals surface area contributed by atoms with Gasteiger partial charge in [-0.3, -0.25) is 4.79 Å². The zero-order chi connectivity index (χ0) is 11.4. The monoisotopic (exact) mass is 214 g/mol.